The summed E-state index contributed by atoms with van der Waals surface area (Å²) in [7, 11) is 1.38. The molecule has 0 atom stereocenters. The van der Waals surface area contributed by atoms with Gasteiger partial charge in [-0.25, -0.2) is 18.2 Å². The van der Waals surface area contributed by atoms with E-state index in [-0.39, 0.29) is 23.7 Å². The number of carbonyl (C=O) groups excluding carboxylic acids is 1. The van der Waals surface area contributed by atoms with E-state index in [4.69, 9.17) is 10.1 Å². The number of carbonyl (C=O) groups is 1. The first-order valence-electron chi connectivity index (χ1n) is 8.76. The van der Waals surface area contributed by atoms with Gasteiger partial charge < -0.3 is 20.8 Å². The van der Waals surface area contributed by atoms with Gasteiger partial charge in [0.25, 0.3) is 12.3 Å². The predicted octanol–water partition coefficient (Wildman–Crippen LogP) is 3.52. The van der Waals surface area contributed by atoms with Crippen LogP contribution < -0.4 is 10.6 Å². The molecule has 1 rings (SSSR count). The Morgan fingerprint density at radius 2 is 2.00 bits per heavy atom. The Hall–Kier alpha value is -3.10. The molecule has 0 bridgehead atoms. The first-order chi connectivity index (χ1) is 13.6. The lowest BCUT2D eigenvalue weighted by Gasteiger charge is -2.12. The standard InChI is InChI=1S/C20H25F3N4O2/c1-12(2)19(14-6-5-7-15(21)8-14)27-18(29-4)11-26-20(28)16(13(3)24)9-25-10-17(22)23/h5-9,17,24-25H,10-11H2,1-4H3,(H,26,28)/b16-9+,24-13?,27-18-. The van der Waals surface area contributed by atoms with E-state index in [2.05, 4.69) is 15.6 Å². The number of benzene rings is 1. The van der Waals surface area contributed by atoms with E-state index < -0.39 is 24.7 Å². The van der Waals surface area contributed by atoms with E-state index in [1.54, 1.807) is 12.1 Å². The lowest BCUT2D eigenvalue weighted by Crippen LogP contribution is -2.34. The number of nitrogens with zero attached hydrogens (tertiary/aromatic N) is 1. The van der Waals surface area contributed by atoms with Gasteiger partial charge in [-0.15, -0.1) is 0 Å². The van der Waals surface area contributed by atoms with Crippen molar-refractivity contribution in [2.75, 3.05) is 20.2 Å². The Balaban J connectivity index is 2.96. The van der Waals surface area contributed by atoms with Crippen molar-refractivity contribution in [3.8, 4) is 0 Å². The van der Waals surface area contributed by atoms with Gasteiger partial charge in [0, 0.05) is 17.5 Å². The molecule has 9 heteroatoms. The molecule has 0 saturated carbocycles. The molecule has 0 unspecified atom stereocenters. The lowest BCUT2D eigenvalue weighted by molar-refractivity contribution is -0.116. The van der Waals surface area contributed by atoms with Crippen LogP contribution >= 0.6 is 0 Å². The zero-order chi connectivity index (χ0) is 22.0. The molecule has 3 N–H and O–H groups in total. The molecule has 1 aromatic carbocycles. The van der Waals surface area contributed by atoms with Crippen LogP contribution in [0.15, 0.2) is 46.6 Å². The maximum Gasteiger partial charge on any atom is 0.255 e. The fourth-order valence-corrected chi connectivity index (χ4v) is 2.23. The highest BCUT2D eigenvalue weighted by molar-refractivity contribution is 6.19. The van der Waals surface area contributed by atoms with Gasteiger partial charge in [0.2, 0.25) is 5.90 Å². The summed E-state index contributed by atoms with van der Waals surface area (Å²) in [5.74, 6) is -0.897. The predicted molar refractivity (Wildman–Crippen MR) is 108 cm³/mol. The van der Waals surface area contributed by atoms with Crippen LogP contribution in [0.25, 0.3) is 5.70 Å². The second-order valence-electron chi connectivity index (χ2n) is 6.23. The average Bonchev–Trinajstić information content (AvgIpc) is 2.64. The number of allylic oxidation sites excluding steroid dienone is 1. The van der Waals surface area contributed by atoms with Gasteiger partial charge >= 0.3 is 0 Å². The number of alkyl halides is 2. The lowest BCUT2D eigenvalue weighted by atomic mass is 10.1. The van der Waals surface area contributed by atoms with Gasteiger partial charge in [-0.3, -0.25) is 4.79 Å². The summed E-state index contributed by atoms with van der Waals surface area (Å²) in [4.78, 5) is 16.7. The minimum Gasteiger partial charge on any atom is -0.483 e. The van der Waals surface area contributed by atoms with E-state index in [0.29, 0.717) is 11.3 Å². The van der Waals surface area contributed by atoms with Crippen LogP contribution in [0, 0.1) is 11.2 Å². The maximum absolute atomic E-state index is 13.5. The summed E-state index contributed by atoms with van der Waals surface area (Å²) in [6.07, 6.45) is -1.51. The van der Waals surface area contributed by atoms with Crippen molar-refractivity contribution in [1.82, 2.24) is 10.6 Å². The Bertz CT molecular complexity index is 829. The number of nitrogens with one attached hydrogen (secondary N) is 3. The van der Waals surface area contributed by atoms with Crippen LogP contribution in [0.3, 0.4) is 0 Å². The van der Waals surface area contributed by atoms with Crippen LogP contribution in [-0.2, 0) is 9.53 Å². The minimum atomic E-state index is -2.58. The third-order valence-corrected chi connectivity index (χ3v) is 3.61. The van der Waals surface area contributed by atoms with Crippen LogP contribution in [0.1, 0.15) is 26.3 Å². The molecule has 0 spiro atoms. The first-order valence-corrected chi connectivity index (χ1v) is 8.76. The van der Waals surface area contributed by atoms with E-state index in [1.165, 1.54) is 26.2 Å². The molecular formula is C20H25F3N4O2. The number of amides is 1. The van der Waals surface area contributed by atoms with Gasteiger partial charge in [0.05, 0.1) is 31.5 Å². The summed E-state index contributed by atoms with van der Waals surface area (Å²) in [6.45, 7) is 4.24. The monoisotopic (exact) mass is 410 g/mol. The summed E-state index contributed by atoms with van der Waals surface area (Å²) >= 11 is 0. The molecule has 0 aromatic heterocycles. The van der Waals surface area contributed by atoms with Crippen LogP contribution in [0.5, 0.6) is 0 Å². The third-order valence-electron chi connectivity index (χ3n) is 3.61. The van der Waals surface area contributed by atoms with Crippen molar-refractivity contribution in [3.05, 3.63) is 53.0 Å². The topological polar surface area (TPSA) is 86.6 Å². The number of methoxy groups -OCH3 is 1. The number of hydrogen-bond acceptors (Lipinski definition) is 5. The Morgan fingerprint density at radius 3 is 2.52 bits per heavy atom. The van der Waals surface area contributed by atoms with Gasteiger partial charge in [-0.1, -0.05) is 12.1 Å². The van der Waals surface area contributed by atoms with Crippen molar-refractivity contribution in [1.29, 1.82) is 5.41 Å². The van der Waals surface area contributed by atoms with Gasteiger partial charge in [-0.05, 0) is 38.5 Å². The Morgan fingerprint density at radius 1 is 1.31 bits per heavy atom. The fraction of sp³-hybridized carbons (Fsp3) is 0.350. The summed E-state index contributed by atoms with van der Waals surface area (Å²) in [5, 5.41) is 12.5. The highest BCUT2D eigenvalue weighted by Crippen LogP contribution is 2.21. The van der Waals surface area contributed by atoms with Crippen molar-refractivity contribution in [2.24, 2.45) is 4.99 Å². The Labute approximate surface area is 168 Å². The number of halogens is 3. The molecule has 0 aliphatic rings. The zero-order valence-electron chi connectivity index (χ0n) is 16.8. The van der Waals surface area contributed by atoms with Crippen molar-refractivity contribution < 1.29 is 22.7 Å². The van der Waals surface area contributed by atoms with Gasteiger partial charge in [0.1, 0.15) is 5.82 Å². The van der Waals surface area contributed by atoms with E-state index >= 15 is 0 Å². The average molecular weight is 410 g/mol. The summed E-state index contributed by atoms with van der Waals surface area (Å²) in [5.41, 5.74) is 1.67. The first kappa shape index (κ1) is 23.9. The van der Waals surface area contributed by atoms with Crippen molar-refractivity contribution in [3.63, 3.8) is 0 Å². The highest BCUT2D eigenvalue weighted by atomic mass is 19.3. The quantitative estimate of drug-likeness (QED) is 0.331. The van der Waals surface area contributed by atoms with Crippen LogP contribution in [-0.4, -0.2) is 44.1 Å². The smallest absolute Gasteiger partial charge is 0.255 e. The highest BCUT2D eigenvalue weighted by Gasteiger charge is 2.14. The zero-order valence-corrected chi connectivity index (χ0v) is 16.8. The maximum atomic E-state index is 13.5. The molecule has 1 aromatic rings. The molecular weight excluding hydrogens is 385 g/mol. The SMILES string of the molecule is CO/C(CNC(=O)/C(=C/NCC(F)F)C(C)=N)=N\C(=C(C)C)c1cccc(F)c1. The number of ether oxygens (including phenoxy) is 1. The molecule has 1 amide bonds. The molecule has 6 nitrogen and oxygen atoms in total. The van der Waals surface area contributed by atoms with Crippen LogP contribution in [0.2, 0.25) is 0 Å². The van der Waals surface area contributed by atoms with Gasteiger partial charge in [0.15, 0.2) is 0 Å². The largest absolute Gasteiger partial charge is 0.483 e. The van der Waals surface area contributed by atoms with E-state index in [9.17, 15) is 18.0 Å². The molecule has 0 heterocycles. The molecule has 0 aliphatic heterocycles. The number of aliphatic imine (C=N–C) groups is 1. The van der Waals surface area contributed by atoms with Crippen molar-refractivity contribution in [2.45, 2.75) is 27.2 Å². The molecule has 0 radical (unpaired) electrons. The van der Waals surface area contributed by atoms with E-state index in [0.717, 1.165) is 11.8 Å². The van der Waals surface area contributed by atoms with Crippen LogP contribution in [0.4, 0.5) is 13.2 Å². The molecule has 0 saturated heterocycles. The third kappa shape index (κ3) is 8.20. The fourth-order valence-electron chi connectivity index (χ4n) is 2.23. The molecule has 0 fully saturated rings. The van der Waals surface area contributed by atoms with E-state index in [1.807, 2.05) is 13.8 Å². The molecule has 158 valence electrons. The normalized spacial score (nSPS) is 11.9. The van der Waals surface area contributed by atoms with Gasteiger partial charge in [-0.2, -0.15) is 0 Å². The molecule has 0 aliphatic carbocycles. The summed E-state index contributed by atoms with van der Waals surface area (Å²) in [6, 6.07) is 5.93. The number of rotatable bonds is 9. The summed E-state index contributed by atoms with van der Waals surface area (Å²) < 4.78 is 43.2. The second kappa shape index (κ2) is 11.7. The van der Waals surface area contributed by atoms with Crippen molar-refractivity contribution >= 4 is 23.2 Å². The Kier molecular flexibility index (Phi) is 9.64. The number of hydrogen-bond donors (Lipinski definition) is 3. The molecule has 29 heavy (non-hydrogen) atoms. The second-order valence-corrected chi connectivity index (χ2v) is 6.23. The minimum absolute atomic E-state index is 0.0892.